The number of nitrogen functional groups attached to an aromatic ring is 1. The summed E-state index contributed by atoms with van der Waals surface area (Å²) >= 11 is 1.56. The van der Waals surface area contributed by atoms with E-state index in [2.05, 4.69) is 28.2 Å². The number of hydrogen-bond donors (Lipinski definition) is 1. The number of thioether (sulfide) groups is 1. The van der Waals surface area contributed by atoms with E-state index in [1.807, 2.05) is 43.3 Å². The number of nitrogens with two attached hydrogens (primary N) is 1. The molecule has 0 amide bonds. The van der Waals surface area contributed by atoms with Crippen LogP contribution >= 0.6 is 11.8 Å². The minimum absolute atomic E-state index is 0.494. The minimum atomic E-state index is 0.494. The maximum atomic E-state index is 9.21. The van der Waals surface area contributed by atoms with Gasteiger partial charge in [0, 0.05) is 17.5 Å². The van der Waals surface area contributed by atoms with Gasteiger partial charge in [0.15, 0.2) is 5.16 Å². The second-order valence-electron chi connectivity index (χ2n) is 5.36. The fourth-order valence-electron chi connectivity index (χ4n) is 2.39. The summed E-state index contributed by atoms with van der Waals surface area (Å²) in [5.41, 5.74) is 10.5. The molecular formula is C19H16N4S. The standard InChI is InChI=1S/C19H16N4S/c1-13-10-18(21)23-19(22-13)24-12-14-6-8-15(9-7-14)17-5-3-2-4-16(17)11-20/h2-10H,12H2,1H3,(H2,21,22,23). The summed E-state index contributed by atoms with van der Waals surface area (Å²) in [6, 6.07) is 19.8. The van der Waals surface area contributed by atoms with Gasteiger partial charge in [0.05, 0.1) is 11.6 Å². The van der Waals surface area contributed by atoms with Gasteiger partial charge >= 0.3 is 0 Å². The highest BCUT2D eigenvalue weighted by Crippen LogP contribution is 2.26. The van der Waals surface area contributed by atoms with Gasteiger partial charge in [-0.05, 0) is 29.7 Å². The Hall–Kier alpha value is -2.84. The van der Waals surface area contributed by atoms with Gasteiger partial charge in [-0.3, -0.25) is 0 Å². The first kappa shape index (κ1) is 16.0. The number of benzene rings is 2. The average molecular weight is 332 g/mol. The van der Waals surface area contributed by atoms with Gasteiger partial charge < -0.3 is 5.73 Å². The lowest BCUT2D eigenvalue weighted by atomic mass is 10.00. The van der Waals surface area contributed by atoms with Gasteiger partial charge in [-0.2, -0.15) is 5.26 Å². The third kappa shape index (κ3) is 3.73. The Bertz CT molecular complexity index is 878. The van der Waals surface area contributed by atoms with E-state index in [0.29, 0.717) is 16.5 Å². The van der Waals surface area contributed by atoms with E-state index in [-0.39, 0.29) is 0 Å². The summed E-state index contributed by atoms with van der Waals surface area (Å²) in [6.45, 7) is 1.91. The number of nitrogens with zero attached hydrogens (tertiary/aromatic N) is 3. The Kier molecular flexibility index (Phi) is 4.78. The number of nitriles is 1. The molecule has 0 bridgehead atoms. The molecule has 4 nitrogen and oxygen atoms in total. The topological polar surface area (TPSA) is 75.6 Å². The summed E-state index contributed by atoms with van der Waals surface area (Å²) in [6.07, 6.45) is 0. The smallest absolute Gasteiger partial charge is 0.190 e. The first-order valence-electron chi connectivity index (χ1n) is 7.48. The monoisotopic (exact) mass is 332 g/mol. The molecule has 0 aliphatic heterocycles. The molecule has 2 aromatic carbocycles. The summed E-state index contributed by atoms with van der Waals surface area (Å²) in [5, 5.41) is 9.90. The Morgan fingerprint density at radius 1 is 1.08 bits per heavy atom. The third-order valence-electron chi connectivity index (χ3n) is 3.53. The van der Waals surface area contributed by atoms with Crippen LogP contribution < -0.4 is 5.73 Å². The first-order valence-corrected chi connectivity index (χ1v) is 8.46. The highest BCUT2D eigenvalue weighted by Gasteiger charge is 2.05. The molecule has 5 heteroatoms. The van der Waals surface area contributed by atoms with Crippen molar-refractivity contribution in [1.82, 2.24) is 9.97 Å². The van der Waals surface area contributed by atoms with Crippen LogP contribution in [-0.4, -0.2) is 9.97 Å². The van der Waals surface area contributed by atoms with Crippen LogP contribution in [0.3, 0.4) is 0 Å². The molecule has 0 saturated heterocycles. The summed E-state index contributed by atoms with van der Waals surface area (Å²) < 4.78 is 0. The van der Waals surface area contributed by atoms with Crippen molar-refractivity contribution in [3.05, 3.63) is 71.4 Å². The van der Waals surface area contributed by atoms with E-state index < -0.39 is 0 Å². The van der Waals surface area contributed by atoms with Crippen LogP contribution in [0.2, 0.25) is 0 Å². The van der Waals surface area contributed by atoms with E-state index in [4.69, 9.17) is 5.73 Å². The van der Waals surface area contributed by atoms with Crippen molar-refractivity contribution in [2.45, 2.75) is 17.8 Å². The van der Waals surface area contributed by atoms with Crippen LogP contribution in [0, 0.1) is 18.3 Å². The van der Waals surface area contributed by atoms with Crippen molar-refractivity contribution in [2.24, 2.45) is 0 Å². The van der Waals surface area contributed by atoms with Gasteiger partial charge in [-0.1, -0.05) is 54.2 Å². The predicted octanol–water partition coefficient (Wildman–Crippen LogP) is 4.20. The van der Waals surface area contributed by atoms with Crippen molar-refractivity contribution in [3.63, 3.8) is 0 Å². The van der Waals surface area contributed by atoms with Crippen LogP contribution in [0.15, 0.2) is 59.8 Å². The zero-order valence-electron chi connectivity index (χ0n) is 13.2. The van der Waals surface area contributed by atoms with E-state index in [0.717, 1.165) is 22.6 Å². The average Bonchev–Trinajstić information content (AvgIpc) is 2.59. The van der Waals surface area contributed by atoms with Crippen LogP contribution in [-0.2, 0) is 5.75 Å². The molecule has 3 aromatic rings. The van der Waals surface area contributed by atoms with Crippen molar-refractivity contribution >= 4 is 17.6 Å². The van der Waals surface area contributed by atoms with Crippen LogP contribution in [0.4, 0.5) is 5.82 Å². The zero-order valence-corrected chi connectivity index (χ0v) is 14.0. The zero-order chi connectivity index (χ0) is 16.9. The number of hydrogen-bond acceptors (Lipinski definition) is 5. The molecule has 118 valence electrons. The lowest BCUT2D eigenvalue weighted by Gasteiger charge is -2.06. The maximum Gasteiger partial charge on any atom is 0.190 e. The number of rotatable bonds is 4. The number of aryl methyl sites for hydroxylation is 1. The molecule has 3 rings (SSSR count). The normalized spacial score (nSPS) is 10.3. The number of aromatic nitrogens is 2. The molecule has 0 fully saturated rings. The minimum Gasteiger partial charge on any atom is -0.384 e. The lowest BCUT2D eigenvalue weighted by molar-refractivity contribution is 0.940. The fraction of sp³-hybridized carbons (Fsp3) is 0.105. The second-order valence-corrected chi connectivity index (χ2v) is 6.30. The SMILES string of the molecule is Cc1cc(N)nc(SCc2ccc(-c3ccccc3C#N)cc2)n1. The molecule has 0 atom stereocenters. The Morgan fingerprint density at radius 3 is 2.54 bits per heavy atom. The van der Waals surface area contributed by atoms with Crippen molar-refractivity contribution in [1.29, 1.82) is 5.26 Å². The molecule has 0 unspecified atom stereocenters. The van der Waals surface area contributed by atoms with E-state index >= 15 is 0 Å². The largest absolute Gasteiger partial charge is 0.384 e. The summed E-state index contributed by atoms with van der Waals surface area (Å²) in [5.74, 6) is 1.26. The summed E-state index contributed by atoms with van der Waals surface area (Å²) in [7, 11) is 0. The maximum absolute atomic E-state index is 9.21. The molecule has 0 spiro atoms. The summed E-state index contributed by atoms with van der Waals surface area (Å²) in [4.78, 5) is 8.60. The van der Waals surface area contributed by atoms with Crippen LogP contribution in [0.5, 0.6) is 0 Å². The van der Waals surface area contributed by atoms with Crippen molar-refractivity contribution in [2.75, 3.05) is 5.73 Å². The third-order valence-corrected chi connectivity index (χ3v) is 4.45. The highest BCUT2D eigenvalue weighted by atomic mass is 32.2. The van der Waals surface area contributed by atoms with E-state index in [1.54, 1.807) is 17.8 Å². The highest BCUT2D eigenvalue weighted by molar-refractivity contribution is 7.98. The molecule has 0 aliphatic carbocycles. The Morgan fingerprint density at radius 2 is 1.83 bits per heavy atom. The molecule has 0 aliphatic rings. The number of anilines is 1. The molecular weight excluding hydrogens is 316 g/mol. The molecule has 0 saturated carbocycles. The van der Waals surface area contributed by atoms with Gasteiger partial charge in [0.25, 0.3) is 0 Å². The molecule has 1 heterocycles. The van der Waals surface area contributed by atoms with Gasteiger partial charge in [0.2, 0.25) is 0 Å². The fourth-order valence-corrected chi connectivity index (χ4v) is 3.26. The van der Waals surface area contributed by atoms with Gasteiger partial charge in [0.1, 0.15) is 5.82 Å². The van der Waals surface area contributed by atoms with E-state index in [1.165, 1.54) is 5.56 Å². The van der Waals surface area contributed by atoms with Crippen molar-refractivity contribution < 1.29 is 0 Å². The quantitative estimate of drug-likeness (QED) is 0.572. The molecule has 0 radical (unpaired) electrons. The molecule has 2 N–H and O–H groups in total. The molecule has 1 aromatic heterocycles. The predicted molar refractivity (Wildman–Crippen MR) is 97.3 cm³/mol. The van der Waals surface area contributed by atoms with Gasteiger partial charge in [-0.15, -0.1) is 0 Å². The van der Waals surface area contributed by atoms with E-state index in [9.17, 15) is 5.26 Å². The Labute approximate surface area is 145 Å². The van der Waals surface area contributed by atoms with Crippen LogP contribution in [0.25, 0.3) is 11.1 Å². The molecule has 24 heavy (non-hydrogen) atoms. The lowest BCUT2D eigenvalue weighted by Crippen LogP contribution is -1.96. The first-order chi connectivity index (χ1) is 11.7. The van der Waals surface area contributed by atoms with Crippen LogP contribution in [0.1, 0.15) is 16.8 Å². The second kappa shape index (κ2) is 7.16. The van der Waals surface area contributed by atoms with Crippen molar-refractivity contribution in [3.8, 4) is 17.2 Å². The van der Waals surface area contributed by atoms with Gasteiger partial charge in [-0.25, -0.2) is 9.97 Å². The Balaban J connectivity index is 1.74.